The monoisotopic (exact) mass is 182 g/mol. The van der Waals surface area contributed by atoms with Crippen LogP contribution in [0.4, 0.5) is 0 Å². The van der Waals surface area contributed by atoms with Crippen molar-refractivity contribution in [1.82, 2.24) is 15.1 Å². The molecule has 0 saturated heterocycles. The van der Waals surface area contributed by atoms with E-state index in [1.165, 1.54) is 4.90 Å². The van der Waals surface area contributed by atoms with Crippen LogP contribution < -0.4 is 5.73 Å². The second kappa shape index (κ2) is 4.04. The third-order valence-electron chi connectivity index (χ3n) is 1.87. The largest absolute Gasteiger partial charge is 0.348 e. The molecule has 0 unspecified atom stereocenters. The molecule has 13 heavy (non-hydrogen) atoms. The Bertz CT molecular complexity index is 268. The number of aromatic amines is 1. The number of nitrogens with zero attached hydrogens (tertiary/aromatic N) is 2. The maximum absolute atomic E-state index is 11.6. The molecule has 0 aromatic carbocycles. The van der Waals surface area contributed by atoms with E-state index in [1.807, 2.05) is 0 Å². The molecule has 0 aliphatic carbocycles. The molecule has 0 bridgehead atoms. The fourth-order valence-electron chi connectivity index (χ4n) is 1.13. The van der Waals surface area contributed by atoms with Crippen LogP contribution in [0.2, 0.25) is 0 Å². The Labute approximate surface area is 76.9 Å². The molecule has 5 nitrogen and oxygen atoms in total. The van der Waals surface area contributed by atoms with Crippen LogP contribution in [0.5, 0.6) is 0 Å². The van der Waals surface area contributed by atoms with Gasteiger partial charge in [-0.25, -0.2) is 0 Å². The molecule has 0 fully saturated rings. The number of nitrogens with one attached hydrogen (secondary N) is 1. The first-order chi connectivity index (χ1) is 6.16. The van der Waals surface area contributed by atoms with Gasteiger partial charge in [-0.1, -0.05) is 0 Å². The number of aromatic nitrogens is 2. The normalized spacial score (nSPS) is 12.5. The van der Waals surface area contributed by atoms with Crippen molar-refractivity contribution in [3.63, 3.8) is 0 Å². The average molecular weight is 182 g/mol. The molecule has 0 aliphatic rings. The van der Waals surface area contributed by atoms with Gasteiger partial charge in [0.2, 0.25) is 5.91 Å². The van der Waals surface area contributed by atoms with Gasteiger partial charge in [0.05, 0.1) is 5.92 Å². The molecule has 3 N–H and O–H groups in total. The van der Waals surface area contributed by atoms with E-state index in [2.05, 4.69) is 10.2 Å². The number of H-pyrrole nitrogens is 1. The highest BCUT2D eigenvalue weighted by atomic mass is 16.2. The van der Waals surface area contributed by atoms with Crippen LogP contribution in [0.25, 0.3) is 0 Å². The Morgan fingerprint density at radius 1 is 1.77 bits per heavy atom. The Morgan fingerprint density at radius 3 is 2.85 bits per heavy atom. The third kappa shape index (κ3) is 2.06. The van der Waals surface area contributed by atoms with E-state index >= 15 is 0 Å². The molecular weight excluding hydrogens is 168 g/mol. The minimum absolute atomic E-state index is 0.00764. The molecular formula is C8H14N4O. The van der Waals surface area contributed by atoms with Gasteiger partial charge < -0.3 is 10.6 Å². The van der Waals surface area contributed by atoms with E-state index in [-0.39, 0.29) is 11.8 Å². The molecule has 5 heteroatoms. The summed E-state index contributed by atoms with van der Waals surface area (Å²) < 4.78 is 0. The number of amides is 1. The van der Waals surface area contributed by atoms with Crippen LogP contribution in [0.15, 0.2) is 12.3 Å². The van der Waals surface area contributed by atoms with Crippen LogP contribution in [0, 0.1) is 0 Å². The zero-order valence-corrected chi connectivity index (χ0v) is 7.82. The van der Waals surface area contributed by atoms with E-state index in [0.717, 1.165) is 5.69 Å². The van der Waals surface area contributed by atoms with Gasteiger partial charge in [-0.2, -0.15) is 5.10 Å². The van der Waals surface area contributed by atoms with E-state index in [9.17, 15) is 4.79 Å². The number of hydrogen-bond donors (Lipinski definition) is 2. The number of rotatable bonds is 3. The fourth-order valence-corrected chi connectivity index (χ4v) is 1.13. The molecule has 1 atom stereocenters. The molecule has 0 aliphatic heterocycles. The lowest BCUT2D eigenvalue weighted by Gasteiger charge is -2.17. The highest BCUT2D eigenvalue weighted by Gasteiger charge is 2.21. The summed E-state index contributed by atoms with van der Waals surface area (Å²) in [4.78, 5) is 13.1. The summed E-state index contributed by atoms with van der Waals surface area (Å²) in [6.07, 6.45) is 1.61. The van der Waals surface area contributed by atoms with Crippen molar-refractivity contribution in [2.24, 2.45) is 5.73 Å². The van der Waals surface area contributed by atoms with Gasteiger partial charge in [-0.05, 0) is 6.07 Å². The Morgan fingerprint density at radius 2 is 2.46 bits per heavy atom. The standard InChI is InChI=1S/C8H14N4O/c1-12(2)8(13)6(5-9)7-3-4-10-11-7/h3-4,6H,5,9H2,1-2H3,(H,10,11)/t6-/m0/s1. The highest BCUT2D eigenvalue weighted by Crippen LogP contribution is 2.12. The molecule has 0 spiro atoms. The predicted octanol–water partition coefficient (Wildman–Crippen LogP) is -0.460. The van der Waals surface area contributed by atoms with E-state index in [1.54, 1.807) is 26.4 Å². The molecule has 1 heterocycles. The summed E-state index contributed by atoms with van der Waals surface area (Å²) in [7, 11) is 3.42. The second-order valence-electron chi connectivity index (χ2n) is 3.03. The third-order valence-corrected chi connectivity index (χ3v) is 1.87. The summed E-state index contributed by atoms with van der Waals surface area (Å²) in [6, 6.07) is 1.76. The van der Waals surface area contributed by atoms with Crippen molar-refractivity contribution in [1.29, 1.82) is 0 Å². The summed E-state index contributed by atoms with van der Waals surface area (Å²) >= 11 is 0. The van der Waals surface area contributed by atoms with Gasteiger partial charge in [0.1, 0.15) is 0 Å². The Kier molecular flexibility index (Phi) is 3.02. The Hall–Kier alpha value is -1.36. The molecule has 0 saturated carbocycles. The summed E-state index contributed by atoms with van der Waals surface area (Å²) in [6.45, 7) is 0.291. The summed E-state index contributed by atoms with van der Waals surface area (Å²) in [5.74, 6) is -0.316. The van der Waals surface area contributed by atoms with Crippen molar-refractivity contribution in [2.75, 3.05) is 20.6 Å². The van der Waals surface area contributed by atoms with Gasteiger partial charge in [0.25, 0.3) is 0 Å². The Balaban J connectivity index is 2.80. The van der Waals surface area contributed by atoms with Gasteiger partial charge >= 0.3 is 0 Å². The molecule has 1 rings (SSSR count). The fraction of sp³-hybridized carbons (Fsp3) is 0.500. The van der Waals surface area contributed by atoms with Crippen LogP contribution in [0.1, 0.15) is 11.6 Å². The number of nitrogens with two attached hydrogens (primary N) is 1. The van der Waals surface area contributed by atoms with Crippen molar-refractivity contribution in [3.8, 4) is 0 Å². The van der Waals surface area contributed by atoms with Crippen molar-refractivity contribution in [3.05, 3.63) is 18.0 Å². The minimum atomic E-state index is -0.308. The second-order valence-corrected chi connectivity index (χ2v) is 3.03. The lowest BCUT2D eigenvalue weighted by molar-refractivity contribution is -0.130. The van der Waals surface area contributed by atoms with Crippen molar-refractivity contribution < 1.29 is 4.79 Å². The van der Waals surface area contributed by atoms with Gasteiger partial charge in [-0.15, -0.1) is 0 Å². The smallest absolute Gasteiger partial charge is 0.232 e. The lowest BCUT2D eigenvalue weighted by atomic mass is 10.1. The predicted molar refractivity (Wildman–Crippen MR) is 49.1 cm³/mol. The quantitative estimate of drug-likeness (QED) is 0.664. The first-order valence-corrected chi connectivity index (χ1v) is 4.07. The van der Waals surface area contributed by atoms with Gasteiger partial charge in [0.15, 0.2) is 0 Å². The van der Waals surface area contributed by atoms with Crippen molar-refractivity contribution in [2.45, 2.75) is 5.92 Å². The van der Waals surface area contributed by atoms with Crippen LogP contribution in [-0.2, 0) is 4.79 Å². The maximum atomic E-state index is 11.6. The van der Waals surface area contributed by atoms with Gasteiger partial charge in [-0.3, -0.25) is 9.89 Å². The molecule has 1 aromatic heterocycles. The number of hydrogen-bond acceptors (Lipinski definition) is 3. The van der Waals surface area contributed by atoms with Crippen LogP contribution in [-0.4, -0.2) is 41.6 Å². The highest BCUT2D eigenvalue weighted by molar-refractivity contribution is 5.83. The zero-order valence-electron chi connectivity index (χ0n) is 7.82. The first kappa shape index (κ1) is 9.73. The van der Waals surface area contributed by atoms with Gasteiger partial charge in [0, 0.05) is 32.5 Å². The van der Waals surface area contributed by atoms with E-state index in [4.69, 9.17) is 5.73 Å². The number of carbonyl (C=O) groups excluding carboxylic acids is 1. The first-order valence-electron chi connectivity index (χ1n) is 4.07. The number of likely N-dealkylation sites (N-methyl/N-ethyl adjacent to an activating group) is 1. The van der Waals surface area contributed by atoms with E-state index < -0.39 is 0 Å². The minimum Gasteiger partial charge on any atom is -0.348 e. The van der Waals surface area contributed by atoms with Crippen molar-refractivity contribution >= 4 is 5.91 Å². The lowest BCUT2D eigenvalue weighted by Crippen LogP contribution is -2.32. The maximum Gasteiger partial charge on any atom is 0.232 e. The number of carbonyl (C=O) groups is 1. The van der Waals surface area contributed by atoms with Crippen LogP contribution >= 0.6 is 0 Å². The zero-order chi connectivity index (χ0) is 9.84. The topological polar surface area (TPSA) is 75.0 Å². The molecule has 0 radical (unpaired) electrons. The SMILES string of the molecule is CN(C)C(=O)[C@@H](CN)c1ccn[nH]1. The summed E-state index contributed by atoms with van der Waals surface area (Å²) in [5, 5.41) is 6.53. The average Bonchev–Trinajstić information content (AvgIpc) is 2.58. The van der Waals surface area contributed by atoms with E-state index in [0.29, 0.717) is 6.54 Å². The van der Waals surface area contributed by atoms with Crippen LogP contribution in [0.3, 0.4) is 0 Å². The molecule has 1 amide bonds. The molecule has 1 aromatic rings. The summed E-state index contributed by atoms with van der Waals surface area (Å²) in [5.41, 5.74) is 6.27. The molecule has 72 valence electrons.